The molecule has 0 saturated carbocycles. The molecule has 0 amide bonds. The summed E-state index contributed by atoms with van der Waals surface area (Å²) >= 11 is 0. The van der Waals surface area contributed by atoms with Crippen LogP contribution in [0.4, 0.5) is 12.9 Å². The maximum atomic E-state index is 13.2. The molecule has 0 aromatic heterocycles. The monoisotopic (exact) mass is 290 g/mol. The summed E-state index contributed by atoms with van der Waals surface area (Å²) < 4.78 is 44.6. The Morgan fingerprint density at radius 2 is 1.79 bits per heavy atom. The summed E-state index contributed by atoms with van der Waals surface area (Å²) in [7, 11) is 0. The maximum Gasteiger partial charge on any atom is 1.00 e. The molecule has 2 aromatic carbocycles. The Bertz CT molecular complexity index is 584. The van der Waals surface area contributed by atoms with E-state index in [1.807, 2.05) is 0 Å². The van der Waals surface area contributed by atoms with Crippen molar-refractivity contribution in [3.8, 4) is 5.75 Å². The molecular formula is C13H11BF3KO. The molecule has 0 radical (unpaired) electrons. The van der Waals surface area contributed by atoms with Gasteiger partial charge in [0.05, 0.1) is 5.75 Å². The summed E-state index contributed by atoms with van der Waals surface area (Å²) in [4.78, 5) is 0. The van der Waals surface area contributed by atoms with Gasteiger partial charge < -0.3 is 17.7 Å². The van der Waals surface area contributed by atoms with Crippen LogP contribution in [0.1, 0.15) is 0 Å². The average Bonchev–Trinajstić information content (AvgIpc) is 2.34. The van der Waals surface area contributed by atoms with Gasteiger partial charge in [0, 0.05) is 0 Å². The van der Waals surface area contributed by atoms with E-state index >= 15 is 0 Å². The molecule has 0 unspecified atom stereocenters. The van der Waals surface area contributed by atoms with Crippen LogP contribution in [0.2, 0.25) is 0 Å². The van der Waals surface area contributed by atoms with Gasteiger partial charge in [-0.2, -0.15) is 0 Å². The van der Waals surface area contributed by atoms with E-state index < -0.39 is 12.4 Å². The minimum absolute atomic E-state index is 0. The number of ether oxygens (including phenoxy) is 1. The summed E-state index contributed by atoms with van der Waals surface area (Å²) in [5.41, 5.74) is -0.671. The molecule has 0 aliphatic heterocycles. The number of hydrogen-bond donors (Lipinski definition) is 0. The van der Waals surface area contributed by atoms with Crippen molar-refractivity contribution in [1.82, 2.24) is 0 Å². The van der Waals surface area contributed by atoms with E-state index in [0.29, 0.717) is 5.39 Å². The third-order valence-corrected chi connectivity index (χ3v) is 2.61. The Labute approximate surface area is 152 Å². The quantitative estimate of drug-likeness (QED) is 0.587. The van der Waals surface area contributed by atoms with Crippen LogP contribution in [-0.4, -0.2) is 13.6 Å². The van der Waals surface area contributed by atoms with Crippen LogP contribution in [0.5, 0.6) is 5.75 Å². The largest absolute Gasteiger partial charge is 1.00 e. The van der Waals surface area contributed by atoms with Crippen LogP contribution in [0.25, 0.3) is 10.8 Å². The first-order chi connectivity index (χ1) is 8.54. The predicted octanol–water partition coefficient (Wildman–Crippen LogP) is 0.463. The Balaban J connectivity index is 0.00000180. The van der Waals surface area contributed by atoms with E-state index in [-0.39, 0.29) is 69.1 Å². The molecular weight excluding hydrogens is 279 g/mol. The maximum absolute atomic E-state index is 13.2. The van der Waals surface area contributed by atoms with Gasteiger partial charge in [0.15, 0.2) is 0 Å². The average molecular weight is 290 g/mol. The first kappa shape index (κ1) is 16.8. The number of hydrogen-bond acceptors (Lipinski definition) is 1. The Hall–Kier alpha value is -0.269. The van der Waals surface area contributed by atoms with E-state index in [0.717, 1.165) is 0 Å². The van der Waals surface area contributed by atoms with Crippen molar-refractivity contribution in [3.05, 3.63) is 49.1 Å². The second kappa shape index (κ2) is 6.95. The Morgan fingerprint density at radius 3 is 2.42 bits per heavy atom. The molecule has 0 aliphatic carbocycles. The first-order valence-corrected chi connectivity index (χ1v) is 5.49. The van der Waals surface area contributed by atoms with Crippen LogP contribution in [0.15, 0.2) is 49.1 Å². The van der Waals surface area contributed by atoms with Crippen molar-refractivity contribution in [1.29, 1.82) is 0 Å². The minimum atomic E-state index is -5.12. The smallest absolute Gasteiger partial charge is 0.493 e. The zero-order valence-electron chi connectivity index (χ0n) is 10.6. The molecule has 6 heteroatoms. The Kier molecular flexibility index (Phi) is 6.14. The fourth-order valence-electron chi connectivity index (χ4n) is 1.89. The molecule has 0 saturated heterocycles. The second-order valence-electron chi connectivity index (χ2n) is 3.87. The van der Waals surface area contributed by atoms with Crippen molar-refractivity contribution in [3.63, 3.8) is 0 Å². The number of fused-ring (bicyclic) bond motifs is 1. The van der Waals surface area contributed by atoms with Gasteiger partial charge in [-0.05, 0) is 16.8 Å². The first-order valence-electron chi connectivity index (χ1n) is 5.49. The van der Waals surface area contributed by atoms with Crippen molar-refractivity contribution in [2.45, 2.75) is 0 Å². The fraction of sp³-hybridized carbons (Fsp3) is 0.0769. The van der Waals surface area contributed by atoms with Gasteiger partial charge in [0.25, 0.3) is 0 Å². The molecule has 1 nitrogen and oxygen atoms in total. The van der Waals surface area contributed by atoms with Gasteiger partial charge in [-0.3, -0.25) is 0 Å². The minimum Gasteiger partial charge on any atom is -0.493 e. The van der Waals surface area contributed by atoms with Crippen molar-refractivity contribution in [2.24, 2.45) is 0 Å². The molecule has 0 heterocycles. The molecule has 19 heavy (non-hydrogen) atoms. The number of halogens is 3. The summed E-state index contributed by atoms with van der Waals surface area (Å²) in [6, 6.07) is 9.39. The molecule has 0 atom stereocenters. The molecule has 0 spiro atoms. The molecule has 2 rings (SSSR count). The zero-order chi connectivity index (χ0) is 13.2. The van der Waals surface area contributed by atoms with Crippen molar-refractivity contribution < 1.29 is 69.1 Å². The molecule has 0 bridgehead atoms. The SMILES string of the molecule is C=CCOc1ccc2ccccc2c1[B-](F)(F)F.[K+]. The zero-order valence-corrected chi connectivity index (χ0v) is 13.7. The van der Waals surface area contributed by atoms with E-state index in [1.165, 1.54) is 18.2 Å². The van der Waals surface area contributed by atoms with Crippen molar-refractivity contribution >= 4 is 23.2 Å². The molecule has 94 valence electrons. The van der Waals surface area contributed by atoms with E-state index in [1.54, 1.807) is 24.3 Å². The third kappa shape index (κ3) is 3.86. The fourth-order valence-corrected chi connectivity index (χ4v) is 1.89. The van der Waals surface area contributed by atoms with Gasteiger partial charge >= 0.3 is 58.4 Å². The number of rotatable bonds is 4. The van der Waals surface area contributed by atoms with E-state index in [4.69, 9.17) is 4.74 Å². The predicted molar refractivity (Wildman–Crippen MR) is 68.4 cm³/mol. The van der Waals surface area contributed by atoms with Crippen LogP contribution in [-0.2, 0) is 0 Å². The van der Waals surface area contributed by atoms with Gasteiger partial charge in [-0.25, -0.2) is 0 Å². The van der Waals surface area contributed by atoms with Crippen LogP contribution < -0.4 is 61.6 Å². The third-order valence-electron chi connectivity index (χ3n) is 2.61. The van der Waals surface area contributed by atoms with Gasteiger partial charge in [0.1, 0.15) is 6.61 Å². The van der Waals surface area contributed by atoms with Crippen LogP contribution in [0.3, 0.4) is 0 Å². The summed E-state index contributed by atoms with van der Waals surface area (Å²) in [5, 5.41) is 0.726. The molecule has 0 N–H and O–H groups in total. The van der Waals surface area contributed by atoms with E-state index in [9.17, 15) is 12.9 Å². The topological polar surface area (TPSA) is 9.23 Å². The van der Waals surface area contributed by atoms with Gasteiger partial charge in [-0.15, -0.1) is 0 Å². The number of benzene rings is 2. The van der Waals surface area contributed by atoms with Gasteiger partial charge in [0.2, 0.25) is 0 Å². The van der Waals surface area contributed by atoms with Gasteiger partial charge in [-0.1, -0.05) is 48.4 Å². The summed E-state index contributed by atoms with van der Waals surface area (Å²) in [6.07, 6.45) is 1.42. The second-order valence-corrected chi connectivity index (χ2v) is 3.87. The summed E-state index contributed by atoms with van der Waals surface area (Å²) in [6.45, 7) is -1.64. The Morgan fingerprint density at radius 1 is 1.11 bits per heavy atom. The summed E-state index contributed by atoms with van der Waals surface area (Å²) in [5.74, 6) is -0.138. The van der Waals surface area contributed by atoms with E-state index in [2.05, 4.69) is 6.58 Å². The molecule has 2 aromatic rings. The van der Waals surface area contributed by atoms with Crippen molar-refractivity contribution in [2.75, 3.05) is 6.61 Å². The van der Waals surface area contributed by atoms with Crippen LogP contribution in [0, 0.1) is 0 Å². The molecule has 0 fully saturated rings. The normalized spacial score (nSPS) is 10.9. The van der Waals surface area contributed by atoms with Crippen LogP contribution >= 0.6 is 0 Å². The standard InChI is InChI=1S/C13H11BF3O.K/c1-2-9-18-12-8-7-10-5-3-4-6-11(10)13(12)14(15,16)17;/h2-8H,1,9H2;/q-1;+1. The molecule has 0 aliphatic rings.